The van der Waals surface area contributed by atoms with Crippen molar-refractivity contribution in [1.29, 1.82) is 0 Å². The molecule has 0 aliphatic carbocycles. The first-order valence-electron chi connectivity index (χ1n) is 17.3. The molecular weight excluding hydrogens is 639 g/mol. The molecule has 0 aliphatic rings. The highest BCUT2D eigenvalue weighted by molar-refractivity contribution is 7.25. The summed E-state index contributed by atoms with van der Waals surface area (Å²) in [7, 11) is 0. The van der Waals surface area contributed by atoms with Gasteiger partial charge in [0.15, 0.2) is 0 Å². The summed E-state index contributed by atoms with van der Waals surface area (Å²) >= 11 is 1.85. The first kappa shape index (κ1) is 29.5. The number of furan rings is 1. The van der Waals surface area contributed by atoms with Gasteiger partial charge in [0.1, 0.15) is 11.2 Å². The van der Waals surface area contributed by atoms with E-state index in [1.54, 1.807) is 0 Å². The molecule has 10 aromatic rings. The standard InChI is InChI=1S/C48H31NOS/c1-2-11-32(12-3-1)37-15-4-5-16-38(37)34-13-8-14-35(29-34)39-18-9-20-43-47(39)48-42(19-10-21-44(48)50-43)49-36-26-23-31(24-27-36)33-25-28-46-41(30-33)40-17-6-7-22-45(40)51-46/h1-30,49H. The third-order valence-electron chi connectivity index (χ3n) is 9.89. The van der Waals surface area contributed by atoms with Crippen LogP contribution in [0.25, 0.3) is 86.6 Å². The quantitative estimate of drug-likeness (QED) is 0.191. The molecule has 8 aromatic carbocycles. The van der Waals surface area contributed by atoms with E-state index in [0.29, 0.717) is 0 Å². The van der Waals surface area contributed by atoms with Crippen LogP contribution >= 0.6 is 11.3 Å². The van der Waals surface area contributed by atoms with Gasteiger partial charge in [-0.15, -0.1) is 11.3 Å². The summed E-state index contributed by atoms with van der Waals surface area (Å²) in [5.41, 5.74) is 13.3. The molecule has 0 spiro atoms. The van der Waals surface area contributed by atoms with Gasteiger partial charge < -0.3 is 9.73 Å². The molecule has 10 rings (SSSR count). The topological polar surface area (TPSA) is 25.2 Å². The molecule has 0 amide bonds. The highest BCUT2D eigenvalue weighted by Crippen LogP contribution is 2.43. The Morgan fingerprint density at radius 1 is 0.373 bits per heavy atom. The van der Waals surface area contributed by atoms with Crippen molar-refractivity contribution in [3.63, 3.8) is 0 Å². The molecule has 2 aromatic heterocycles. The van der Waals surface area contributed by atoms with Crippen molar-refractivity contribution in [3.05, 3.63) is 182 Å². The van der Waals surface area contributed by atoms with Crippen LogP contribution in [0.1, 0.15) is 0 Å². The normalized spacial score (nSPS) is 11.5. The lowest BCUT2D eigenvalue weighted by molar-refractivity contribution is 0.669. The van der Waals surface area contributed by atoms with Gasteiger partial charge in [0, 0.05) is 31.2 Å². The van der Waals surface area contributed by atoms with Gasteiger partial charge in [-0.25, -0.2) is 0 Å². The fourth-order valence-corrected chi connectivity index (χ4v) is 8.56. The second-order valence-electron chi connectivity index (χ2n) is 13.0. The Balaban J connectivity index is 1.02. The van der Waals surface area contributed by atoms with Gasteiger partial charge in [0.25, 0.3) is 0 Å². The fourth-order valence-electron chi connectivity index (χ4n) is 7.48. The maximum atomic E-state index is 6.48. The van der Waals surface area contributed by atoms with Crippen molar-refractivity contribution < 1.29 is 4.42 Å². The van der Waals surface area contributed by atoms with Gasteiger partial charge in [-0.3, -0.25) is 0 Å². The van der Waals surface area contributed by atoms with E-state index in [9.17, 15) is 0 Å². The van der Waals surface area contributed by atoms with Crippen molar-refractivity contribution in [2.45, 2.75) is 0 Å². The van der Waals surface area contributed by atoms with Crippen LogP contribution in [0, 0.1) is 0 Å². The number of hydrogen-bond donors (Lipinski definition) is 1. The van der Waals surface area contributed by atoms with E-state index < -0.39 is 0 Å². The van der Waals surface area contributed by atoms with Crippen molar-refractivity contribution in [1.82, 2.24) is 0 Å². The van der Waals surface area contributed by atoms with Crippen molar-refractivity contribution in [2.24, 2.45) is 0 Å². The lowest BCUT2D eigenvalue weighted by Gasteiger charge is -2.13. The third kappa shape index (κ3) is 5.18. The van der Waals surface area contributed by atoms with Crippen LogP contribution in [0.3, 0.4) is 0 Å². The Hall–Kier alpha value is -6.42. The van der Waals surface area contributed by atoms with Gasteiger partial charge in [0.2, 0.25) is 0 Å². The predicted octanol–water partition coefficient (Wildman–Crippen LogP) is 14.4. The molecule has 0 saturated carbocycles. The Kier molecular flexibility index (Phi) is 7.04. The minimum Gasteiger partial charge on any atom is -0.456 e. The first-order chi connectivity index (χ1) is 25.3. The molecule has 1 N–H and O–H groups in total. The number of anilines is 2. The molecular formula is C48H31NOS. The molecule has 0 unspecified atom stereocenters. The zero-order chi connectivity index (χ0) is 33.7. The summed E-state index contributed by atoms with van der Waals surface area (Å²) in [6.07, 6.45) is 0. The Morgan fingerprint density at radius 3 is 1.82 bits per heavy atom. The minimum atomic E-state index is 0.862. The van der Waals surface area contributed by atoms with Crippen LogP contribution in [0.5, 0.6) is 0 Å². The number of thiophene rings is 1. The van der Waals surface area contributed by atoms with E-state index in [2.05, 4.69) is 187 Å². The summed E-state index contributed by atoms with van der Waals surface area (Å²) in [4.78, 5) is 0. The molecule has 0 fully saturated rings. The Morgan fingerprint density at radius 2 is 0.980 bits per heavy atom. The van der Waals surface area contributed by atoms with Crippen molar-refractivity contribution in [3.8, 4) is 44.5 Å². The number of fused-ring (bicyclic) bond motifs is 6. The third-order valence-corrected chi connectivity index (χ3v) is 11.0. The van der Waals surface area contributed by atoms with Gasteiger partial charge >= 0.3 is 0 Å². The number of hydrogen-bond acceptors (Lipinski definition) is 3. The molecule has 0 atom stereocenters. The zero-order valence-corrected chi connectivity index (χ0v) is 28.5. The first-order valence-corrected chi connectivity index (χ1v) is 18.1. The number of nitrogens with one attached hydrogen (secondary N) is 1. The molecule has 2 heterocycles. The van der Waals surface area contributed by atoms with Crippen molar-refractivity contribution >= 4 is 64.8 Å². The van der Waals surface area contributed by atoms with Gasteiger partial charge in [-0.1, -0.05) is 127 Å². The Bertz CT molecular complexity index is 2880. The summed E-state index contributed by atoms with van der Waals surface area (Å²) in [5.74, 6) is 0. The largest absolute Gasteiger partial charge is 0.456 e. The minimum absolute atomic E-state index is 0.862. The summed E-state index contributed by atoms with van der Waals surface area (Å²) < 4.78 is 9.13. The van der Waals surface area contributed by atoms with Gasteiger partial charge in [-0.2, -0.15) is 0 Å². The van der Waals surface area contributed by atoms with E-state index in [-0.39, 0.29) is 0 Å². The maximum absolute atomic E-state index is 6.48. The predicted molar refractivity (Wildman–Crippen MR) is 218 cm³/mol. The van der Waals surface area contributed by atoms with Crippen LogP contribution in [-0.4, -0.2) is 0 Å². The van der Waals surface area contributed by atoms with Crippen LogP contribution in [0.2, 0.25) is 0 Å². The number of benzene rings is 8. The van der Waals surface area contributed by atoms with Crippen LogP contribution < -0.4 is 5.32 Å². The van der Waals surface area contributed by atoms with Crippen molar-refractivity contribution in [2.75, 3.05) is 5.32 Å². The lowest BCUT2D eigenvalue weighted by Crippen LogP contribution is -1.91. The summed E-state index contributed by atoms with van der Waals surface area (Å²) in [6.45, 7) is 0. The monoisotopic (exact) mass is 669 g/mol. The van der Waals surface area contributed by atoms with Crippen LogP contribution in [0.15, 0.2) is 186 Å². The second-order valence-corrected chi connectivity index (χ2v) is 14.0. The van der Waals surface area contributed by atoms with E-state index in [4.69, 9.17) is 4.42 Å². The van der Waals surface area contributed by atoms with Gasteiger partial charge in [0.05, 0.1) is 11.1 Å². The van der Waals surface area contributed by atoms with E-state index in [1.165, 1.54) is 53.6 Å². The molecule has 51 heavy (non-hydrogen) atoms. The Labute approximate surface area is 299 Å². The average molecular weight is 670 g/mol. The molecule has 240 valence electrons. The van der Waals surface area contributed by atoms with Gasteiger partial charge in [-0.05, 0) is 99.1 Å². The molecule has 0 radical (unpaired) electrons. The summed E-state index contributed by atoms with van der Waals surface area (Å²) in [6, 6.07) is 65.0. The lowest BCUT2D eigenvalue weighted by atomic mass is 9.91. The molecule has 2 nitrogen and oxygen atoms in total. The summed E-state index contributed by atoms with van der Waals surface area (Å²) in [5, 5.41) is 8.56. The smallest absolute Gasteiger partial charge is 0.137 e. The fraction of sp³-hybridized carbons (Fsp3) is 0. The molecule has 3 heteroatoms. The molecule has 0 aliphatic heterocycles. The highest BCUT2D eigenvalue weighted by atomic mass is 32.1. The van der Waals surface area contributed by atoms with E-state index in [0.717, 1.165) is 44.4 Å². The second kappa shape index (κ2) is 12.2. The van der Waals surface area contributed by atoms with E-state index >= 15 is 0 Å². The molecule has 0 saturated heterocycles. The molecule has 0 bridgehead atoms. The highest BCUT2D eigenvalue weighted by Gasteiger charge is 2.17. The van der Waals surface area contributed by atoms with E-state index in [1.807, 2.05) is 11.3 Å². The SMILES string of the molecule is c1ccc(-c2ccccc2-c2cccc(-c3cccc4oc5cccc(Nc6ccc(-c7ccc8sc9ccccc9c8c7)cc6)c5c34)c2)cc1. The zero-order valence-electron chi connectivity index (χ0n) is 27.6. The van der Waals surface area contributed by atoms with Crippen LogP contribution in [-0.2, 0) is 0 Å². The van der Waals surface area contributed by atoms with Crippen LogP contribution in [0.4, 0.5) is 11.4 Å². The maximum Gasteiger partial charge on any atom is 0.137 e. The average Bonchev–Trinajstić information content (AvgIpc) is 3.77. The number of rotatable bonds is 6.